The zero-order valence-corrected chi connectivity index (χ0v) is 31.8. The highest BCUT2D eigenvalue weighted by molar-refractivity contribution is 6.22. The second kappa shape index (κ2) is 14.2. The lowest BCUT2D eigenvalue weighted by Gasteiger charge is -2.18. The van der Waals surface area contributed by atoms with Crippen LogP contribution in [0.15, 0.2) is 224 Å². The molecule has 58 heavy (non-hydrogen) atoms. The molecular weight excluding hydrogens is 699 g/mol. The first kappa shape index (κ1) is 33.7. The van der Waals surface area contributed by atoms with Gasteiger partial charge in [0.1, 0.15) is 0 Å². The van der Waals surface area contributed by atoms with Crippen molar-refractivity contribution in [3.63, 3.8) is 0 Å². The van der Waals surface area contributed by atoms with Gasteiger partial charge in [0.2, 0.25) is 0 Å². The van der Waals surface area contributed by atoms with Crippen molar-refractivity contribution < 1.29 is 0 Å². The molecule has 0 aliphatic carbocycles. The number of nitrogens with zero attached hydrogens (tertiary/aromatic N) is 1. The lowest BCUT2D eigenvalue weighted by Crippen LogP contribution is -1.92. The second-order valence-electron chi connectivity index (χ2n) is 15.0. The summed E-state index contributed by atoms with van der Waals surface area (Å²) in [6.07, 6.45) is 0. The Morgan fingerprint density at radius 1 is 0.259 bits per heavy atom. The van der Waals surface area contributed by atoms with Crippen LogP contribution in [0.2, 0.25) is 0 Å². The van der Waals surface area contributed by atoms with Crippen molar-refractivity contribution in [2.24, 2.45) is 0 Å². The van der Waals surface area contributed by atoms with Crippen LogP contribution in [-0.4, -0.2) is 4.98 Å². The van der Waals surface area contributed by atoms with Crippen molar-refractivity contribution in [2.45, 2.75) is 0 Å². The maximum Gasteiger partial charge on any atom is 0.0722 e. The minimum atomic E-state index is 0.979. The summed E-state index contributed by atoms with van der Waals surface area (Å²) < 4.78 is 0. The summed E-state index contributed by atoms with van der Waals surface area (Å²) in [6, 6.07) is 81.3. The minimum absolute atomic E-state index is 0.979. The predicted molar refractivity (Wildman–Crippen MR) is 247 cm³/mol. The second-order valence-corrected chi connectivity index (χ2v) is 15.0. The molecule has 0 bridgehead atoms. The van der Waals surface area contributed by atoms with Crippen molar-refractivity contribution in [3.8, 4) is 66.9 Å². The molecule has 0 aliphatic rings. The maximum atomic E-state index is 5.15. The molecule has 11 rings (SSSR count). The molecular formula is C57H37N. The first-order chi connectivity index (χ1) is 28.8. The van der Waals surface area contributed by atoms with E-state index in [2.05, 4.69) is 224 Å². The minimum Gasteiger partial charge on any atom is -0.248 e. The van der Waals surface area contributed by atoms with E-state index in [0.29, 0.717) is 0 Å². The molecule has 0 amide bonds. The Balaban J connectivity index is 0.994. The number of rotatable bonds is 6. The molecule has 1 nitrogen and oxygen atoms in total. The first-order valence-corrected chi connectivity index (χ1v) is 20.0. The summed E-state index contributed by atoms with van der Waals surface area (Å²) in [7, 11) is 0. The lowest BCUT2D eigenvalue weighted by molar-refractivity contribution is 1.40. The predicted octanol–water partition coefficient (Wildman–Crippen LogP) is 15.7. The van der Waals surface area contributed by atoms with Crippen LogP contribution in [0, 0.1) is 0 Å². The number of pyridine rings is 1. The van der Waals surface area contributed by atoms with Gasteiger partial charge in [-0.15, -0.1) is 0 Å². The number of fused-ring (bicyclic) bond motifs is 5. The normalized spacial score (nSPS) is 11.4. The van der Waals surface area contributed by atoms with Gasteiger partial charge in [0.25, 0.3) is 0 Å². The van der Waals surface area contributed by atoms with Crippen LogP contribution in [-0.2, 0) is 0 Å². The van der Waals surface area contributed by atoms with Gasteiger partial charge < -0.3 is 0 Å². The van der Waals surface area contributed by atoms with Crippen LogP contribution >= 0.6 is 0 Å². The molecule has 11 aromatic rings. The number of aromatic nitrogens is 1. The van der Waals surface area contributed by atoms with Crippen LogP contribution in [0.4, 0.5) is 0 Å². The molecule has 0 radical (unpaired) electrons. The van der Waals surface area contributed by atoms with E-state index in [1.54, 1.807) is 0 Å². The van der Waals surface area contributed by atoms with Gasteiger partial charge >= 0.3 is 0 Å². The van der Waals surface area contributed by atoms with Gasteiger partial charge in [0.05, 0.1) is 11.2 Å². The summed E-state index contributed by atoms with van der Waals surface area (Å²) >= 11 is 0. The van der Waals surface area contributed by atoms with Crippen LogP contribution < -0.4 is 0 Å². The van der Waals surface area contributed by atoms with Crippen molar-refractivity contribution in [2.75, 3.05) is 0 Å². The molecule has 0 atom stereocenters. The third kappa shape index (κ3) is 5.84. The van der Waals surface area contributed by atoms with Gasteiger partial charge in [-0.05, 0) is 106 Å². The van der Waals surface area contributed by atoms with Crippen molar-refractivity contribution in [1.29, 1.82) is 0 Å². The molecule has 270 valence electrons. The van der Waals surface area contributed by atoms with E-state index in [-0.39, 0.29) is 0 Å². The molecule has 1 heteroatoms. The molecule has 0 unspecified atom stereocenters. The van der Waals surface area contributed by atoms with Gasteiger partial charge in [-0.3, -0.25) is 0 Å². The highest BCUT2D eigenvalue weighted by atomic mass is 14.7. The Morgan fingerprint density at radius 2 is 0.707 bits per heavy atom. The lowest BCUT2D eigenvalue weighted by atomic mass is 9.85. The quantitative estimate of drug-likeness (QED) is 0.122. The van der Waals surface area contributed by atoms with Crippen LogP contribution in [0.5, 0.6) is 0 Å². The van der Waals surface area contributed by atoms with E-state index in [4.69, 9.17) is 4.98 Å². The summed E-state index contributed by atoms with van der Waals surface area (Å²) in [6.45, 7) is 0. The summed E-state index contributed by atoms with van der Waals surface area (Å²) in [5.41, 5.74) is 15.2. The fraction of sp³-hybridized carbons (Fsp3) is 0. The molecule has 0 N–H and O–H groups in total. The smallest absolute Gasteiger partial charge is 0.0722 e. The molecule has 0 aliphatic heterocycles. The summed E-state index contributed by atoms with van der Waals surface area (Å²) in [4.78, 5) is 5.15. The van der Waals surface area contributed by atoms with Crippen LogP contribution in [0.1, 0.15) is 0 Å². The molecule has 1 heterocycles. The average molecular weight is 736 g/mol. The zero-order valence-electron chi connectivity index (χ0n) is 31.8. The molecule has 0 saturated heterocycles. The van der Waals surface area contributed by atoms with Crippen LogP contribution in [0.3, 0.4) is 0 Å². The topological polar surface area (TPSA) is 12.9 Å². The zero-order chi connectivity index (χ0) is 38.4. The molecule has 0 spiro atoms. The third-order valence-electron chi connectivity index (χ3n) is 11.7. The largest absolute Gasteiger partial charge is 0.248 e. The molecule has 0 fully saturated rings. The van der Waals surface area contributed by atoms with E-state index in [1.165, 1.54) is 93.3 Å². The van der Waals surface area contributed by atoms with E-state index >= 15 is 0 Å². The molecule has 0 saturated carbocycles. The first-order valence-electron chi connectivity index (χ1n) is 20.0. The number of benzene rings is 10. The van der Waals surface area contributed by atoms with Gasteiger partial charge in [-0.2, -0.15) is 0 Å². The summed E-state index contributed by atoms with van der Waals surface area (Å²) in [5, 5.41) is 8.67. The highest BCUT2D eigenvalue weighted by Crippen LogP contribution is 2.45. The Labute approximate surface area is 338 Å². The Bertz CT molecular complexity index is 3280. The van der Waals surface area contributed by atoms with E-state index in [9.17, 15) is 0 Å². The van der Waals surface area contributed by atoms with Crippen LogP contribution in [0.25, 0.3) is 110 Å². The van der Waals surface area contributed by atoms with E-state index < -0.39 is 0 Å². The van der Waals surface area contributed by atoms with Gasteiger partial charge in [0, 0.05) is 10.9 Å². The standard InChI is InChI=1S/C57H37N/c1-4-15-43(16-5-1)54-37-51(57-47-21-11-10-14-41(47)33-35-53(57)58-54)42-30-28-39(29-31-42)38-24-26-40(27-25-38)46-32-34-50-52(36-46)56(45-19-8-3-9-20-45)49-23-13-12-22-48(49)55(50)44-17-6-2-7-18-44/h1-37H. The fourth-order valence-electron chi connectivity index (χ4n) is 8.88. The fourth-order valence-corrected chi connectivity index (χ4v) is 8.88. The number of hydrogen-bond acceptors (Lipinski definition) is 1. The highest BCUT2D eigenvalue weighted by Gasteiger charge is 2.18. The number of hydrogen-bond donors (Lipinski definition) is 0. The Kier molecular flexibility index (Phi) is 8.23. The van der Waals surface area contributed by atoms with E-state index in [1.807, 2.05) is 0 Å². The van der Waals surface area contributed by atoms with Crippen molar-refractivity contribution in [3.05, 3.63) is 224 Å². The van der Waals surface area contributed by atoms with Crippen molar-refractivity contribution in [1.82, 2.24) is 4.98 Å². The third-order valence-corrected chi connectivity index (χ3v) is 11.7. The maximum absolute atomic E-state index is 5.15. The van der Waals surface area contributed by atoms with Gasteiger partial charge in [0.15, 0.2) is 0 Å². The molecule has 10 aromatic carbocycles. The summed E-state index contributed by atoms with van der Waals surface area (Å²) in [5.74, 6) is 0. The Morgan fingerprint density at radius 3 is 1.31 bits per heavy atom. The van der Waals surface area contributed by atoms with Crippen molar-refractivity contribution >= 4 is 43.2 Å². The molecule has 1 aromatic heterocycles. The van der Waals surface area contributed by atoms with Gasteiger partial charge in [-0.1, -0.05) is 206 Å². The monoisotopic (exact) mass is 735 g/mol. The SMILES string of the molecule is c1ccc(-c2cc(-c3ccc(-c4ccc(-c5ccc6c(-c7ccccc7)c7ccccc7c(-c7ccccc7)c6c5)cc4)cc3)c3c(ccc4ccccc43)n2)cc1. The van der Waals surface area contributed by atoms with Gasteiger partial charge in [-0.25, -0.2) is 4.98 Å². The average Bonchev–Trinajstić information content (AvgIpc) is 3.31. The Hall–Kier alpha value is -7.61. The van der Waals surface area contributed by atoms with E-state index in [0.717, 1.165) is 16.8 Å².